The van der Waals surface area contributed by atoms with Gasteiger partial charge in [0.05, 0.1) is 12.5 Å². The minimum absolute atomic E-state index is 0.0647. The summed E-state index contributed by atoms with van der Waals surface area (Å²) in [6.45, 7) is 5.13. The normalized spacial score (nSPS) is 12.9. The predicted molar refractivity (Wildman–Crippen MR) is 72.5 cm³/mol. The lowest BCUT2D eigenvalue weighted by molar-refractivity contribution is -0.148. The molecule has 1 rings (SSSR count). The topological polar surface area (TPSA) is 81.8 Å². The fraction of sp³-hybridized carbons (Fsp3) is 0.500. The molecule has 0 bridgehead atoms. The Bertz CT molecular complexity index is 455. The summed E-state index contributed by atoms with van der Waals surface area (Å²) < 4.78 is 10.8. The molecular formula is C14H21NO4. The van der Waals surface area contributed by atoms with Gasteiger partial charge in [0.25, 0.3) is 0 Å². The van der Waals surface area contributed by atoms with Crippen LogP contribution in [-0.2, 0) is 4.79 Å². The number of aliphatic carboxylic acids is 1. The van der Waals surface area contributed by atoms with Crippen LogP contribution in [0.3, 0.4) is 0 Å². The van der Waals surface area contributed by atoms with E-state index in [0.29, 0.717) is 11.5 Å². The molecule has 0 saturated heterocycles. The van der Waals surface area contributed by atoms with E-state index in [4.69, 9.17) is 20.3 Å². The van der Waals surface area contributed by atoms with E-state index in [2.05, 4.69) is 0 Å². The molecular weight excluding hydrogens is 246 g/mol. The number of ether oxygens (including phenoxy) is 2. The molecule has 1 atom stereocenters. The molecule has 0 aliphatic rings. The van der Waals surface area contributed by atoms with Gasteiger partial charge in [-0.15, -0.1) is 0 Å². The van der Waals surface area contributed by atoms with E-state index in [1.807, 2.05) is 13.0 Å². The summed E-state index contributed by atoms with van der Waals surface area (Å²) in [6.07, 6.45) is 0. The van der Waals surface area contributed by atoms with Crippen LogP contribution in [0.2, 0.25) is 0 Å². The van der Waals surface area contributed by atoms with Crippen LogP contribution < -0.4 is 15.2 Å². The maximum atomic E-state index is 11.1. The first kappa shape index (κ1) is 15.3. The molecule has 0 radical (unpaired) electrons. The molecule has 0 aliphatic carbocycles. The lowest BCUT2D eigenvalue weighted by atomic mass is 9.95. The van der Waals surface area contributed by atoms with Crippen LogP contribution in [0.15, 0.2) is 18.2 Å². The van der Waals surface area contributed by atoms with Crippen LogP contribution in [-0.4, -0.2) is 24.8 Å². The second kappa shape index (κ2) is 5.93. The van der Waals surface area contributed by atoms with Gasteiger partial charge in [0.15, 0.2) is 0 Å². The van der Waals surface area contributed by atoms with Crippen molar-refractivity contribution in [2.75, 3.05) is 13.7 Å². The van der Waals surface area contributed by atoms with Gasteiger partial charge in [0.2, 0.25) is 0 Å². The highest BCUT2D eigenvalue weighted by molar-refractivity contribution is 5.73. The number of methoxy groups -OCH3 is 1. The molecule has 3 N–H and O–H groups in total. The van der Waals surface area contributed by atoms with Crippen molar-refractivity contribution in [3.8, 4) is 11.5 Å². The van der Waals surface area contributed by atoms with Crippen molar-refractivity contribution >= 4 is 5.97 Å². The largest absolute Gasteiger partial charge is 0.497 e. The van der Waals surface area contributed by atoms with E-state index in [1.54, 1.807) is 33.1 Å². The average Bonchev–Trinajstić information content (AvgIpc) is 2.35. The highest BCUT2D eigenvalue weighted by atomic mass is 16.5. The number of benzene rings is 1. The monoisotopic (exact) mass is 267 g/mol. The minimum Gasteiger partial charge on any atom is -0.497 e. The number of carboxylic acids is 1. The van der Waals surface area contributed by atoms with Gasteiger partial charge in [-0.25, -0.2) is 0 Å². The Kier molecular flexibility index (Phi) is 4.78. The van der Waals surface area contributed by atoms with Gasteiger partial charge in [0, 0.05) is 17.7 Å². The van der Waals surface area contributed by atoms with Gasteiger partial charge in [-0.3, -0.25) is 4.79 Å². The van der Waals surface area contributed by atoms with Gasteiger partial charge in [-0.2, -0.15) is 0 Å². The fourth-order valence-corrected chi connectivity index (χ4v) is 1.46. The van der Waals surface area contributed by atoms with Crippen LogP contribution in [0.25, 0.3) is 0 Å². The lowest BCUT2D eigenvalue weighted by Crippen LogP contribution is -2.31. The molecule has 1 aromatic carbocycles. The SMILES string of the molecule is COc1ccc([C@@H](C)N)c(OCC(C)(C)C(=O)O)c1. The van der Waals surface area contributed by atoms with Crippen molar-refractivity contribution in [3.63, 3.8) is 0 Å². The summed E-state index contributed by atoms with van der Waals surface area (Å²) in [5.41, 5.74) is 5.73. The van der Waals surface area contributed by atoms with E-state index in [9.17, 15) is 4.79 Å². The molecule has 0 saturated carbocycles. The number of carbonyl (C=O) groups is 1. The number of hydrogen-bond acceptors (Lipinski definition) is 4. The Labute approximate surface area is 113 Å². The van der Waals surface area contributed by atoms with Crippen molar-refractivity contribution in [1.29, 1.82) is 0 Å². The average molecular weight is 267 g/mol. The summed E-state index contributed by atoms with van der Waals surface area (Å²) in [4.78, 5) is 11.1. The smallest absolute Gasteiger partial charge is 0.312 e. The second-order valence-electron chi connectivity index (χ2n) is 5.17. The number of carboxylic acid groups (broad SMARTS) is 1. The Morgan fingerprint density at radius 1 is 1.47 bits per heavy atom. The van der Waals surface area contributed by atoms with Crippen molar-refractivity contribution in [3.05, 3.63) is 23.8 Å². The molecule has 0 aromatic heterocycles. The van der Waals surface area contributed by atoms with E-state index in [0.717, 1.165) is 5.56 Å². The molecule has 0 fully saturated rings. The Morgan fingerprint density at radius 2 is 2.11 bits per heavy atom. The Hall–Kier alpha value is -1.75. The predicted octanol–water partition coefficient (Wildman–Crippen LogP) is 2.20. The molecule has 0 spiro atoms. The Balaban J connectivity index is 2.95. The van der Waals surface area contributed by atoms with E-state index in [1.165, 1.54) is 0 Å². The second-order valence-corrected chi connectivity index (χ2v) is 5.17. The van der Waals surface area contributed by atoms with E-state index >= 15 is 0 Å². The van der Waals surface area contributed by atoms with Crippen LogP contribution in [0.4, 0.5) is 0 Å². The van der Waals surface area contributed by atoms with Crippen molar-refractivity contribution in [1.82, 2.24) is 0 Å². The molecule has 0 unspecified atom stereocenters. The summed E-state index contributed by atoms with van der Waals surface area (Å²) in [5.74, 6) is 0.300. The van der Waals surface area contributed by atoms with Crippen LogP contribution in [0.5, 0.6) is 11.5 Å². The van der Waals surface area contributed by atoms with E-state index < -0.39 is 11.4 Å². The van der Waals surface area contributed by atoms with Gasteiger partial charge >= 0.3 is 5.97 Å². The van der Waals surface area contributed by atoms with Crippen molar-refractivity contribution in [2.45, 2.75) is 26.8 Å². The molecule has 19 heavy (non-hydrogen) atoms. The highest BCUT2D eigenvalue weighted by Gasteiger charge is 2.28. The minimum atomic E-state index is -0.960. The number of rotatable bonds is 6. The lowest BCUT2D eigenvalue weighted by Gasteiger charge is -2.22. The van der Waals surface area contributed by atoms with E-state index in [-0.39, 0.29) is 12.6 Å². The zero-order valence-corrected chi connectivity index (χ0v) is 11.8. The molecule has 0 amide bonds. The van der Waals surface area contributed by atoms with Crippen LogP contribution >= 0.6 is 0 Å². The highest BCUT2D eigenvalue weighted by Crippen LogP contribution is 2.30. The third-order valence-corrected chi connectivity index (χ3v) is 2.88. The molecule has 5 heteroatoms. The van der Waals surface area contributed by atoms with Crippen molar-refractivity contribution in [2.24, 2.45) is 11.1 Å². The van der Waals surface area contributed by atoms with Gasteiger partial charge in [0.1, 0.15) is 18.1 Å². The first-order valence-corrected chi connectivity index (χ1v) is 6.07. The first-order chi connectivity index (χ1) is 8.77. The molecule has 1 aromatic rings. The zero-order valence-electron chi connectivity index (χ0n) is 11.8. The third kappa shape index (κ3) is 3.86. The first-order valence-electron chi connectivity index (χ1n) is 6.07. The molecule has 0 aliphatic heterocycles. The maximum absolute atomic E-state index is 11.1. The quantitative estimate of drug-likeness (QED) is 0.825. The summed E-state index contributed by atoms with van der Waals surface area (Å²) in [7, 11) is 1.56. The van der Waals surface area contributed by atoms with Gasteiger partial charge < -0.3 is 20.3 Å². The summed E-state index contributed by atoms with van der Waals surface area (Å²) in [6, 6.07) is 5.14. The standard InChI is InChI=1S/C14H21NO4/c1-9(15)11-6-5-10(18-4)7-12(11)19-8-14(2,3)13(16)17/h5-7,9H,8,15H2,1-4H3,(H,16,17)/t9-/m1/s1. The molecule has 106 valence electrons. The van der Waals surface area contributed by atoms with Crippen molar-refractivity contribution < 1.29 is 19.4 Å². The number of nitrogens with two attached hydrogens (primary N) is 1. The van der Waals surface area contributed by atoms with Gasteiger partial charge in [-0.05, 0) is 26.8 Å². The maximum Gasteiger partial charge on any atom is 0.312 e. The fourth-order valence-electron chi connectivity index (χ4n) is 1.46. The number of hydrogen-bond donors (Lipinski definition) is 2. The Morgan fingerprint density at radius 3 is 2.58 bits per heavy atom. The molecule has 0 heterocycles. The summed E-state index contributed by atoms with van der Waals surface area (Å²) in [5, 5.41) is 9.07. The third-order valence-electron chi connectivity index (χ3n) is 2.88. The summed E-state index contributed by atoms with van der Waals surface area (Å²) >= 11 is 0. The molecule has 5 nitrogen and oxygen atoms in total. The van der Waals surface area contributed by atoms with Crippen LogP contribution in [0, 0.1) is 5.41 Å². The van der Waals surface area contributed by atoms with Gasteiger partial charge in [-0.1, -0.05) is 6.07 Å². The van der Waals surface area contributed by atoms with Crippen LogP contribution in [0.1, 0.15) is 32.4 Å². The zero-order chi connectivity index (χ0) is 14.6.